The number of hydrogen-bond acceptors (Lipinski definition) is 6. The van der Waals surface area contributed by atoms with Crippen LogP contribution in [0.1, 0.15) is 29.7 Å². The Morgan fingerprint density at radius 3 is 3.00 bits per heavy atom. The maximum Gasteiger partial charge on any atom is 0.254 e. The van der Waals surface area contributed by atoms with Crippen molar-refractivity contribution in [3.63, 3.8) is 0 Å². The summed E-state index contributed by atoms with van der Waals surface area (Å²) >= 11 is 0. The van der Waals surface area contributed by atoms with Gasteiger partial charge in [-0.2, -0.15) is 14.5 Å². The lowest BCUT2D eigenvalue weighted by Crippen LogP contribution is -2.28. The van der Waals surface area contributed by atoms with Gasteiger partial charge >= 0.3 is 0 Å². The van der Waals surface area contributed by atoms with Crippen LogP contribution in [0, 0.1) is 11.9 Å². The van der Waals surface area contributed by atoms with E-state index < -0.39 is 11.9 Å². The van der Waals surface area contributed by atoms with Gasteiger partial charge in [-0.1, -0.05) is 6.92 Å². The van der Waals surface area contributed by atoms with Crippen LogP contribution in [0.5, 0.6) is 5.88 Å². The van der Waals surface area contributed by atoms with Gasteiger partial charge in [0.15, 0.2) is 5.82 Å². The van der Waals surface area contributed by atoms with E-state index in [-0.39, 0.29) is 23.3 Å². The first kappa shape index (κ1) is 17.2. The molecular formula is C16H20FN5O3. The highest BCUT2D eigenvalue weighted by atomic mass is 19.1. The van der Waals surface area contributed by atoms with Crippen molar-refractivity contribution >= 4 is 17.4 Å². The van der Waals surface area contributed by atoms with Crippen molar-refractivity contribution in [2.45, 2.75) is 19.4 Å². The Kier molecular flexibility index (Phi) is 4.84. The number of primary amides is 1. The van der Waals surface area contributed by atoms with Crippen LogP contribution in [0.4, 0.5) is 15.9 Å². The average Bonchev–Trinajstić information content (AvgIpc) is 2.98. The number of ether oxygens (including phenoxy) is 2. The quantitative estimate of drug-likeness (QED) is 0.799. The highest BCUT2D eigenvalue weighted by molar-refractivity contribution is 5.98. The van der Waals surface area contributed by atoms with Gasteiger partial charge in [0.1, 0.15) is 5.56 Å². The van der Waals surface area contributed by atoms with Gasteiger partial charge in [0.25, 0.3) is 5.91 Å². The molecule has 8 nitrogen and oxygen atoms in total. The standard InChI is InChI=1S/C16H20FN5O3/c1-9-3-4-25-8-12(9)22-7-11(15(18)23)16(21-22)19-10-5-13(17)20-14(6-10)24-2/h5-7,9,12H,3-4,8H2,1-2H3,(H2,18,23)(H,19,20,21). The molecule has 3 N–H and O–H groups in total. The van der Waals surface area contributed by atoms with Crippen LogP contribution in [0.3, 0.4) is 0 Å². The summed E-state index contributed by atoms with van der Waals surface area (Å²) in [5, 5.41) is 7.34. The fourth-order valence-electron chi connectivity index (χ4n) is 2.79. The summed E-state index contributed by atoms with van der Waals surface area (Å²) in [5.74, 6) is -0.633. The topological polar surface area (TPSA) is 104 Å². The fraction of sp³-hybridized carbons (Fsp3) is 0.438. The van der Waals surface area contributed by atoms with Gasteiger partial charge < -0.3 is 20.5 Å². The van der Waals surface area contributed by atoms with Gasteiger partial charge in [0, 0.05) is 30.6 Å². The number of nitrogens with zero attached hydrogens (tertiary/aromatic N) is 3. The molecule has 1 saturated heterocycles. The molecule has 134 valence electrons. The van der Waals surface area contributed by atoms with E-state index in [0.29, 0.717) is 24.8 Å². The van der Waals surface area contributed by atoms with E-state index in [4.69, 9.17) is 15.2 Å². The molecule has 0 aromatic carbocycles. The molecule has 9 heteroatoms. The van der Waals surface area contributed by atoms with E-state index in [9.17, 15) is 9.18 Å². The van der Waals surface area contributed by atoms with Crippen molar-refractivity contribution in [1.82, 2.24) is 14.8 Å². The number of carbonyl (C=O) groups excluding carboxylic acids is 1. The molecule has 1 aliphatic heterocycles. The largest absolute Gasteiger partial charge is 0.481 e. The molecule has 0 bridgehead atoms. The Balaban J connectivity index is 1.92. The predicted octanol–water partition coefficient (Wildman–Crippen LogP) is 1.87. The zero-order valence-corrected chi connectivity index (χ0v) is 14.0. The minimum absolute atomic E-state index is 0.00566. The second-order valence-corrected chi connectivity index (χ2v) is 5.99. The first-order chi connectivity index (χ1) is 12.0. The van der Waals surface area contributed by atoms with E-state index >= 15 is 0 Å². The highest BCUT2D eigenvalue weighted by Crippen LogP contribution is 2.29. The number of aromatic nitrogens is 3. The number of rotatable bonds is 5. The molecule has 2 unspecified atom stereocenters. The van der Waals surface area contributed by atoms with E-state index in [1.165, 1.54) is 19.2 Å². The van der Waals surface area contributed by atoms with Crippen LogP contribution >= 0.6 is 0 Å². The van der Waals surface area contributed by atoms with Crippen LogP contribution in [0.15, 0.2) is 18.3 Å². The summed E-state index contributed by atoms with van der Waals surface area (Å²) < 4.78 is 25.7. The second-order valence-electron chi connectivity index (χ2n) is 5.99. The SMILES string of the molecule is COc1cc(Nc2nn(C3COCCC3C)cc2C(N)=O)cc(F)n1. The Morgan fingerprint density at radius 2 is 2.32 bits per heavy atom. The molecule has 1 amide bonds. The summed E-state index contributed by atoms with van der Waals surface area (Å²) in [6, 6.07) is 2.68. The fourth-order valence-corrected chi connectivity index (χ4v) is 2.79. The summed E-state index contributed by atoms with van der Waals surface area (Å²) in [4.78, 5) is 15.3. The summed E-state index contributed by atoms with van der Waals surface area (Å²) in [6.07, 6.45) is 2.50. The van der Waals surface area contributed by atoms with Gasteiger partial charge in [0.05, 0.1) is 19.8 Å². The van der Waals surface area contributed by atoms with Gasteiger partial charge in [-0.05, 0) is 12.3 Å². The monoisotopic (exact) mass is 349 g/mol. The number of nitrogens with one attached hydrogen (secondary N) is 1. The van der Waals surface area contributed by atoms with E-state index in [1.54, 1.807) is 10.9 Å². The van der Waals surface area contributed by atoms with Crippen molar-refractivity contribution in [3.8, 4) is 5.88 Å². The number of amides is 1. The molecule has 2 aromatic rings. The first-order valence-electron chi connectivity index (χ1n) is 7.93. The number of pyridine rings is 1. The lowest BCUT2D eigenvalue weighted by molar-refractivity contribution is 0.0238. The minimum Gasteiger partial charge on any atom is -0.481 e. The lowest BCUT2D eigenvalue weighted by Gasteiger charge is -2.28. The molecule has 1 fully saturated rings. The average molecular weight is 349 g/mol. The predicted molar refractivity (Wildman–Crippen MR) is 88.4 cm³/mol. The molecule has 25 heavy (non-hydrogen) atoms. The van der Waals surface area contributed by atoms with Crippen LogP contribution < -0.4 is 15.8 Å². The zero-order valence-electron chi connectivity index (χ0n) is 14.0. The van der Waals surface area contributed by atoms with E-state index in [1.807, 2.05) is 0 Å². The zero-order chi connectivity index (χ0) is 18.0. The first-order valence-corrected chi connectivity index (χ1v) is 7.93. The Morgan fingerprint density at radius 1 is 1.52 bits per heavy atom. The highest BCUT2D eigenvalue weighted by Gasteiger charge is 2.26. The summed E-state index contributed by atoms with van der Waals surface area (Å²) in [5.41, 5.74) is 6.03. The van der Waals surface area contributed by atoms with Crippen LogP contribution in [-0.2, 0) is 4.74 Å². The third kappa shape index (κ3) is 3.71. The van der Waals surface area contributed by atoms with Gasteiger partial charge in [-0.15, -0.1) is 0 Å². The lowest BCUT2D eigenvalue weighted by atomic mass is 9.97. The third-order valence-corrected chi connectivity index (χ3v) is 4.24. The minimum atomic E-state index is -0.712. The molecule has 0 spiro atoms. The number of nitrogens with two attached hydrogens (primary N) is 1. The molecule has 0 aliphatic carbocycles. The van der Waals surface area contributed by atoms with Crippen molar-refractivity contribution in [2.75, 3.05) is 25.6 Å². The Labute approximate surface area is 144 Å². The van der Waals surface area contributed by atoms with Crippen LogP contribution in [0.2, 0.25) is 0 Å². The second kappa shape index (κ2) is 7.06. The summed E-state index contributed by atoms with van der Waals surface area (Å²) in [6.45, 7) is 3.33. The molecule has 3 rings (SSSR count). The molecule has 1 aliphatic rings. The third-order valence-electron chi connectivity index (χ3n) is 4.24. The maximum absolute atomic E-state index is 13.6. The number of methoxy groups -OCH3 is 1. The van der Waals surface area contributed by atoms with Crippen molar-refractivity contribution in [3.05, 3.63) is 29.8 Å². The molecular weight excluding hydrogens is 329 g/mol. The van der Waals surface area contributed by atoms with Crippen LogP contribution in [-0.4, -0.2) is 41.0 Å². The molecule has 3 heterocycles. The molecule has 2 atom stereocenters. The van der Waals surface area contributed by atoms with Gasteiger partial charge in [-0.25, -0.2) is 0 Å². The number of anilines is 2. The Hall–Kier alpha value is -2.68. The van der Waals surface area contributed by atoms with Crippen molar-refractivity contribution in [2.24, 2.45) is 11.7 Å². The summed E-state index contributed by atoms with van der Waals surface area (Å²) in [7, 11) is 1.39. The molecule has 2 aromatic heterocycles. The number of hydrogen-bond donors (Lipinski definition) is 2. The van der Waals surface area contributed by atoms with Crippen LogP contribution in [0.25, 0.3) is 0 Å². The Bertz CT molecular complexity index is 779. The van der Waals surface area contributed by atoms with Gasteiger partial charge in [-0.3, -0.25) is 9.48 Å². The smallest absolute Gasteiger partial charge is 0.254 e. The van der Waals surface area contributed by atoms with Crippen molar-refractivity contribution in [1.29, 1.82) is 0 Å². The normalized spacial score (nSPS) is 20.3. The van der Waals surface area contributed by atoms with E-state index in [0.717, 1.165) is 6.42 Å². The molecule has 0 radical (unpaired) electrons. The number of carbonyl (C=O) groups is 1. The van der Waals surface area contributed by atoms with E-state index in [2.05, 4.69) is 22.3 Å². The maximum atomic E-state index is 13.6. The van der Waals surface area contributed by atoms with Crippen molar-refractivity contribution < 1.29 is 18.7 Å². The molecule has 0 saturated carbocycles. The van der Waals surface area contributed by atoms with Gasteiger partial charge in [0.2, 0.25) is 11.8 Å². The number of halogens is 1.